The average molecular weight is 245 g/mol. The maximum absolute atomic E-state index is 5.53. The van der Waals surface area contributed by atoms with Gasteiger partial charge >= 0.3 is 0 Å². The van der Waals surface area contributed by atoms with Crippen molar-refractivity contribution in [2.75, 3.05) is 6.54 Å². The predicted molar refractivity (Wildman–Crippen MR) is 81.5 cm³/mol. The number of hydrogen-bond acceptors (Lipinski definition) is 1. The molecule has 2 N–H and O–H groups in total. The van der Waals surface area contributed by atoms with Crippen molar-refractivity contribution in [2.24, 2.45) is 5.73 Å². The Morgan fingerprint density at radius 3 is 2.94 bits per heavy atom. The van der Waals surface area contributed by atoms with Gasteiger partial charge in [-0.25, -0.2) is 0 Å². The van der Waals surface area contributed by atoms with Crippen molar-refractivity contribution in [3.05, 3.63) is 47.6 Å². The van der Waals surface area contributed by atoms with Gasteiger partial charge in [0.1, 0.15) is 0 Å². The molecule has 0 atom stereocenters. The molecule has 1 aliphatic rings. The van der Waals surface area contributed by atoms with Gasteiger partial charge in [0.15, 0.2) is 0 Å². The molecule has 0 saturated carbocycles. The van der Waals surface area contributed by atoms with E-state index in [1.165, 1.54) is 48.8 Å². The number of unbranched alkanes of at least 4 members (excludes halogenated alkanes) is 2. The molecule has 0 bridgehead atoms. The van der Waals surface area contributed by atoms with Crippen LogP contribution in [0.2, 0.25) is 0 Å². The van der Waals surface area contributed by atoms with E-state index in [-0.39, 0.29) is 0 Å². The zero-order chi connectivity index (χ0) is 13.2. The number of hydrogen-bond donors (Lipinski definition) is 1. The summed E-state index contributed by atoms with van der Waals surface area (Å²) < 4.78 is 0. The predicted octanol–water partition coefficient (Wildman–Crippen LogP) is 4.67. The highest BCUT2D eigenvalue weighted by Crippen LogP contribution is 2.24. The van der Waals surface area contributed by atoms with Crippen molar-refractivity contribution in [1.82, 2.24) is 0 Å². The molecule has 18 heavy (non-hydrogen) atoms. The Morgan fingerprint density at radius 1 is 1.39 bits per heavy atom. The van der Waals surface area contributed by atoms with Gasteiger partial charge in [0.05, 0.1) is 0 Å². The highest BCUT2D eigenvalue weighted by Gasteiger charge is 2.05. The SMILES string of the molecule is C=C(CN)CCCC/C=C1/CCC=C/C1=C/CC. The molecule has 1 aliphatic carbocycles. The fourth-order valence-corrected chi connectivity index (χ4v) is 2.24. The fourth-order valence-electron chi connectivity index (χ4n) is 2.24. The minimum Gasteiger partial charge on any atom is -0.327 e. The second kappa shape index (κ2) is 8.93. The standard InChI is InChI=1S/C17H27N/c1-3-9-16-12-7-8-13-17(16)11-6-4-5-10-15(2)14-18/h7,9,11-12H,2-6,8,10,13-14,18H2,1H3/b16-9-,17-11-. The first-order valence-corrected chi connectivity index (χ1v) is 7.20. The summed E-state index contributed by atoms with van der Waals surface area (Å²) in [6.45, 7) is 6.77. The van der Waals surface area contributed by atoms with Crippen molar-refractivity contribution >= 4 is 0 Å². The van der Waals surface area contributed by atoms with Gasteiger partial charge in [0, 0.05) is 6.54 Å². The topological polar surface area (TPSA) is 26.0 Å². The number of allylic oxidation sites excluding steroid dienone is 6. The van der Waals surface area contributed by atoms with E-state index >= 15 is 0 Å². The second-order valence-electron chi connectivity index (χ2n) is 4.94. The lowest BCUT2D eigenvalue weighted by atomic mass is 9.93. The maximum Gasteiger partial charge on any atom is 0.0134 e. The van der Waals surface area contributed by atoms with Gasteiger partial charge in [-0.3, -0.25) is 0 Å². The quantitative estimate of drug-likeness (QED) is 0.511. The fraction of sp³-hybridized carbons (Fsp3) is 0.529. The van der Waals surface area contributed by atoms with Gasteiger partial charge < -0.3 is 5.73 Å². The lowest BCUT2D eigenvalue weighted by molar-refractivity contribution is 0.731. The van der Waals surface area contributed by atoms with Crippen LogP contribution in [0, 0.1) is 0 Å². The highest BCUT2D eigenvalue weighted by molar-refractivity contribution is 5.42. The normalized spacial score (nSPS) is 19.7. The molecule has 0 fully saturated rings. The summed E-state index contributed by atoms with van der Waals surface area (Å²) in [4.78, 5) is 0. The molecule has 0 amide bonds. The third-order valence-corrected chi connectivity index (χ3v) is 3.34. The Bertz CT molecular complexity index is 345. The molecule has 0 unspecified atom stereocenters. The van der Waals surface area contributed by atoms with Crippen LogP contribution in [0.3, 0.4) is 0 Å². The average Bonchev–Trinajstić information content (AvgIpc) is 2.40. The monoisotopic (exact) mass is 245 g/mol. The first kappa shape index (κ1) is 15.0. The Hall–Kier alpha value is -1.08. The van der Waals surface area contributed by atoms with E-state index in [0.717, 1.165) is 12.8 Å². The first-order valence-electron chi connectivity index (χ1n) is 7.20. The Balaban J connectivity index is 2.34. The summed E-state index contributed by atoms with van der Waals surface area (Å²) in [5, 5.41) is 0. The number of nitrogens with two attached hydrogens (primary N) is 1. The molecule has 1 heteroatoms. The summed E-state index contributed by atoms with van der Waals surface area (Å²) in [6, 6.07) is 0. The lowest BCUT2D eigenvalue weighted by Gasteiger charge is -2.13. The van der Waals surface area contributed by atoms with Crippen LogP contribution in [0.5, 0.6) is 0 Å². The van der Waals surface area contributed by atoms with Gasteiger partial charge in [-0.1, -0.05) is 43.4 Å². The molecular formula is C17H27N. The Labute approximate surface area is 112 Å². The molecule has 0 aromatic carbocycles. The van der Waals surface area contributed by atoms with Crippen molar-refractivity contribution in [3.63, 3.8) is 0 Å². The van der Waals surface area contributed by atoms with E-state index in [1.54, 1.807) is 0 Å². The van der Waals surface area contributed by atoms with Crippen LogP contribution < -0.4 is 5.73 Å². The third kappa shape index (κ3) is 5.50. The number of rotatable bonds is 7. The summed E-state index contributed by atoms with van der Waals surface area (Å²) >= 11 is 0. The molecule has 1 rings (SSSR count). The van der Waals surface area contributed by atoms with Crippen LogP contribution in [0.15, 0.2) is 47.6 Å². The van der Waals surface area contributed by atoms with Gasteiger partial charge in [0.2, 0.25) is 0 Å². The Kier molecular flexibility index (Phi) is 7.43. The second-order valence-corrected chi connectivity index (χ2v) is 4.94. The molecule has 0 heterocycles. The molecule has 0 aliphatic heterocycles. The lowest BCUT2D eigenvalue weighted by Crippen LogP contribution is -2.01. The van der Waals surface area contributed by atoms with Crippen molar-refractivity contribution in [1.29, 1.82) is 0 Å². The van der Waals surface area contributed by atoms with E-state index in [9.17, 15) is 0 Å². The molecule has 0 saturated heterocycles. The van der Waals surface area contributed by atoms with Gasteiger partial charge in [-0.05, 0) is 56.1 Å². The van der Waals surface area contributed by atoms with Crippen LogP contribution in [-0.4, -0.2) is 6.54 Å². The van der Waals surface area contributed by atoms with Crippen molar-refractivity contribution in [3.8, 4) is 0 Å². The smallest absolute Gasteiger partial charge is 0.0134 e. The van der Waals surface area contributed by atoms with Crippen LogP contribution in [0.4, 0.5) is 0 Å². The van der Waals surface area contributed by atoms with Gasteiger partial charge in [-0.2, -0.15) is 0 Å². The first-order chi connectivity index (χ1) is 8.77. The van der Waals surface area contributed by atoms with Gasteiger partial charge in [0.25, 0.3) is 0 Å². The van der Waals surface area contributed by atoms with Crippen LogP contribution >= 0.6 is 0 Å². The van der Waals surface area contributed by atoms with E-state index in [4.69, 9.17) is 5.73 Å². The van der Waals surface area contributed by atoms with E-state index in [1.807, 2.05) is 0 Å². The molecular weight excluding hydrogens is 218 g/mol. The van der Waals surface area contributed by atoms with Crippen LogP contribution in [0.25, 0.3) is 0 Å². The molecule has 0 aromatic rings. The Morgan fingerprint density at radius 2 is 2.22 bits per heavy atom. The van der Waals surface area contributed by atoms with Crippen LogP contribution in [0.1, 0.15) is 51.9 Å². The van der Waals surface area contributed by atoms with Crippen molar-refractivity contribution < 1.29 is 0 Å². The largest absolute Gasteiger partial charge is 0.327 e. The molecule has 0 aromatic heterocycles. The minimum atomic E-state index is 0.634. The minimum absolute atomic E-state index is 0.634. The molecule has 0 radical (unpaired) electrons. The zero-order valence-electron chi connectivity index (χ0n) is 11.8. The van der Waals surface area contributed by atoms with Crippen LogP contribution in [-0.2, 0) is 0 Å². The summed E-state index contributed by atoms with van der Waals surface area (Å²) in [6.07, 6.45) is 17.5. The highest BCUT2D eigenvalue weighted by atomic mass is 14.5. The summed E-state index contributed by atoms with van der Waals surface area (Å²) in [5.74, 6) is 0. The van der Waals surface area contributed by atoms with E-state index in [2.05, 4.69) is 37.8 Å². The van der Waals surface area contributed by atoms with E-state index in [0.29, 0.717) is 6.54 Å². The summed E-state index contributed by atoms with van der Waals surface area (Å²) in [7, 11) is 0. The zero-order valence-corrected chi connectivity index (χ0v) is 11.8. The maximum atomic E-state index is 5.53. The van der Waals surface area contributed by atoms with Crippen molar-refractivity contribution in [2.45, 2.75) is 51.9 Å². The molecule has 0 spiro atoms. The molecule has 100 valence electrons. The van der Waals surface area contributed by atoms with Gasteiger partial charge in [-0.15, -0.1) is 0 Å². The summed E-state index contributed by atoms with van der Waals surface area (Å²) in [5.41, 5.74) is 9.68. The van der Waals surface area contributed by atoms with E-state index < -0.39 is 0 Å². The molecule has 1 nitrogen and oxygen atoms in total. The third-order valence-electron chi connectivity index (χ3n) is 3.34.